The molecule has 1 unspecified atom stereocenters. The lowest BCUT2D eigenvalue weighted by atomic mass is 10.0. The molecule has 0 spiro atoms. The number of likely N-dealkylation sites (tertiary alicyclic amines) is 1. The van der Waals surface area contributed by atoms with E-state index in [0.717, 1.165) is 44.6 Å². The van der Waals surface area contributed by atoms with Gasteiger partial charge in [0.15, 0.2) is 0 Å². The lowest BCUT2D eigenvalue weighted by molar-refractivity contribution is 0.0114. The number of hydrogen-bond acceptors (Lipinski definition) is 4. The van der Waals surface area contributed by atoms with E-state index in [0.29, 0.717) is 0 Å². The number of carbonyl (C=O) groups excluding carboxylic acids is 1. The van der Waals surface area contributed by atoms with Gasteiger partial charge in [-0.2, -0.15) is 5.10 Å². The molecule has 6 nitrogen and oxygen atoms in total. The summed E-state index contributed by atoms with van der Waals surface area (Å²) >= 11 is 0. The van der Waals surface area contributed by atoms with Crippen molar-refractivity contribution in [1.29, 1.82) is 0 Å². The normalized spacial score (nSPS) is 19.1. The maximum absolute atomic E-state index is 12.3. The minimum absolute atomic E-state index is 0.175. The Kier molecular flexibility index (Phi) is 5.32. The number of hydrogen-bond donors (Lipinski definition) is 1. The zero-order valence-corrected chi connectivity index (χ0v) is 14.1. The minimum atomic E-state index is -0.450. The molecule has 1 aliphatic rings. The summed E-state index contributed by atoms with van der Waals surface area (Å²) < 4.78 is 7.41. The van der Waals surface area contributed by atoms with E-state index in [-0.39, 0.29) is 12.1 Å². The Balaban J connectivity index is 1.93. The topological polar surface area (TPSA) is 59.4 Å². The van der Waals surface area contributed by atoms with Crippen LogP contribution in [0, 0.1) is 0 Å². The summed E-state index contributed by atoms with van der Waals surface area (Å²) in [5.41, 5.74) is 0.547. The average molecular weight is 308 g/mol. The maximum Gasteiger partial charge on any atom is 0.410 e. The fourth-order valence-electron chi connectivity index (χ4n) is 2.64. The summed E-state index contributed by atoms with van der Waals surface area (Å²) in [5, 5.41) is 7.63. The van der Waals surface area contributed by atoms with E-state index in [4.69, 9.17) is 4.74 Å². The van der Waals surface area contributed by atoms with Crippen LogP contribution in [-0.4, -0.2) is 45.5 Å². The molecule has 2 rings (SSSR count). The first kappa shape index (κ1) is 16.6. The number of aryl methyl sites for hydroxylation is 1. The lowest BCUT2D eigenvalue weighted by Crippen LogP contribution is -2.48. The van der Waals surface area contributed by atoms with Gasteiger partial charge >= 0.3 is 6.09 Å². The smallest absolute Gasteiger partial charge is 0.410 e. The molecule has 1 N–H and O–H groups in total. The summed E-state index contributed by atoms with van der Waals surface area (Å²) in [7, 11) is 0. The van der Waals surface area contributed by atoms with Crippen molar-refractivity contribution in [3.05, 3.63) is 12.4 Å². The molecule has 1 aromatic rings. The van der Waals surface area contributed by atoms with Crippen LogP contribution in [0.5, 0.6) is 0 Å². The Morgan fingerprint density at radius 1 is 1.45 bits per heavy atom. The van der Waals surface area contributed by atoms with Gasteiger partial charge < -0.3 is 15.0 Å². The van der Waals surface area contributed by atoms with Crippen LogP contribution >= 0.6 is 0 Å². The Morgan fingerprint density at radius 2 is 2.23 bits per heavy atom. The number of aromatic nitrogens is 2. The second-order valence-electron chi connectivity index (χ2n) is 6.79. The lowest BCUT2D eigenvalue weighted by Gasteiger charge is -2.36. The SMILES string of the molecule is CCn1cc(NCC2CCCCN2C(=O)OC(C)(C)C)cn1. The number of amides is 1. The molecule has 0 bridgehead atoms. The van der Waals surface area contributed by atoms with Gasteiger partial charge in [-0.15, -0.1) is 0 Å². The van der Waals surface area contributed by atoms with Crippen LogP contribution in [0.25, 0.3) is 0 Å². The van der Waals surface area contributed by atoms with Crippen molar-refractivity contribution in [2.75, 3.05) is 18.4 Å². The second-order valence-corrected chi connectivity index (χ2v) is 6.79. The molecule has 124 valence electrons. The molecule has 0 saturated carbocycles. The number of rotatable bonds is 4. The molecule has 0 aliphatic carbocycles. The van der Waals surface area contributed by atoms with Crippen molar-refractivity contribution in [3.63, 3.8) is 0 Å². The van der Waals surface area contributed by atoms with Gasteiger partial charge in [-0.25, -0.2) is 4.79 Å². The van der Waals surface area contributed by atoms with E-state index >= 15 is 0 Å². The summed E-state index contributed by atoms with van der Waals surface area (Å²) in [6, 6.07) is 0.175. The Labute approximate surface area is 132 Å². The van der Waals surface area contributed by atoms with Gasteiger partial charge in [0.2, 0.25) is 0 Å². The van der Waals surface area contributed by atoms with Crippen molar-refractivity contribution in [3.8, 4) is 0 Å². The van der Waals surface area contributed by atoms with Crippen molar-refractivity contribution in [2.45, 2.75) is 65.1 Å². The van der Waals surface area contributed by atoms with Gasteiger partial charge in [0.1, 0.15) is 5.60 Å². The van der Waals surface area contributed by atoms with E-state index in [9.17, 15) is 4.79 Å². The van der Waals surface area contributed by atoms with E-state index in [1.807, 2.05) is 42.7 Å². The third kappa shape index (κ3) is 4.64. The number of piperidine rings is 1. The molecule has 1 aromatic heterocycles. The van der Waals surface area contributed by atoms with Gasteiger partial charge in [-0.1, -0.05) is 0 Å². The fraction of sp³-hybridized carbons (Fsp3) is 0.750. The first-order valence-corrected chi connectivity index (χ1v) is 8.15. The highest BCUT2D eigenvalue weighted by Gasteiger charge is 2.30. The summed E-state index contributed by atoms with van der Waals surface area (Å²) in [6.07, 6.45) is 6.81. The molecule has 0 radical (unpaired) electrons. The van der Waals surface area contributed by atoms with Gasteiger partial charge in [-0.05, 0) is 47.0 Å². The van der Waals surface area contributed by atoms with Crippen molar-refractivity contribution < 1.29 is 9.53 Å². The third-order valence-electron chi connectivity index (χ3n) is 3.75. The molecule has 2 heterocycles. The average Bonchev–Trinajstić information content (AvgIpc) is 2.91. The Bertz CT molecular complexity index is 493. The van der Waals surface area contributed by atoms with Crippen LogP contribution < -0.4 is 5.32 Å². The summed E-state index contributed by atoms with van der Waals surface area (Å²) in [6.45, 7) is 10.1. The molecule has 1 fully saturated rings. The molecule has 0 aromatic carbocycles. The van der Waals surface area contributed by atoms with Crippen LogP contribution in [0.15, 0.2) is 12.4 Å². The standard InChI is InChI=1S/C16H28N4O2/c1-5-19-12-13(10-18-19)17-11-14-8-6-7-9-20(14)15(21)22-16(2,3)4/h10,12,14,17H,5-9,11H2,1-4H3. The fourth-order valence-corrected chi connectivity index (χ4v) is 2.64. The molecule has 1 saturated heterocycles. The molecule has 1 amide bonds. The van der Waals surface area contributed by atoms with Crippen molar-refractivity contribution in [2.24, 2.45) is 0 Å². The van der Waals surface area contributed by atoms with E-state index in [1.165, 1.54) is 0 Å². The van der Waals surface area contributed by atoms with Crippen LogP contribution in [0.1, 0.15) is 47.0 Å². The maximum atomic E-state index is 12.3. The van der Waals surface area contributed by atoms with Gasteiger partial charge in [-0.3, -0.25) is 4.68 Å². The number of anilines is 1. The van der Waals surface area contributed by atoms with Crippen molar-refractivity contribution in [1.82, 2.24) is 14.7 Å². The quantitative estimate of drug-likeness (QED) is 0.928. The van der Waals surface area contributed by atoms with Gasteiger partial charge in [0.05, 0.1) is 17.9 Å². The van der Waals surface area contributed by atoms with Crippen LogP contribution in [0.4, 0.5) is 10.5 Å². The van der Waals surface area contributed by atoms with Gasteiger partial charge in [0.25, 0.3) is 0 Å². The van der Waals surface area contributed by atoms with E-state index < -0.39 is 5.60 Å². The highest BCUT2D eigenvalue weighted by molar-refractivity contribution is 5.68. The Morgan fingerprint density at radius 3 is 2.86 bits per heavy atom. The number of nitrogens with zero attached hydrogens (tertiary/aromatic N) is 3. The molecule has 6 heteroatoms. The molecular weight excluding hydrogens is 280 g/mol. The predicted molar refractivity (Wildman–Crippen MR) is 87.0 cm³/mol. The minimum Gasteiger partial charge on any atom is -0.444 e. The molecular formula is C16H28N4O2. The Hall–Kier alpha value is -1.72. The number of ether oxygens (including phenoxy) is 1. The van der Waals surface area contributed by atoms with E-state index in [2.05, 4.69) is 17.3 Å². The van der Waals surface area contributed by atoms with E-state index in [1.54, 1.807) is 0 Å². The van der Waals surface area contributed by atoms with Crippen LogP contribution in [0.2, 0.25) is 0 Å². The highest BCUT2D eigenvalue weighted by Crippen LogP contribution is 2.21. The zero-order valence-electron chi connectivity index (χ0n) is 14.1. The predicted octanol–water partition coefficient (Wildman–Crippen LogP) is 3.10. The third-order valence-corrected chi connectivity index (χ3v) is 3.75. The summed E-state index contributed by atoms with van der Waals surface area (Å²) in [4.78, 5) is 14.2. The second kappa shape index (κ2) is 7.03. The molecule has 1 atom stereocenters. The monoisotopic (exact) mass is 308 g/mol. The number of carbonyl (C=O) groups is 1. The van der Waals surface area contributed by atoms with Crippen LogP contribution in [0.3, 0.4) is 0 Å². The summed E-state index contributed by atoms with van der Waals surface area (Å²) in [5.74, 6) is 0. The molecule has 1 aliphatic heterocycles. The van der Waals surface area contributed by atoms with Crippen LogP contribution in [-0.2, 0) is 11.3 Å². The van der Waals surface area contributed by atoms with Crippen molar-refractivity contribution >= 4 is 11.8 Å². The van der Waals surface area contributed by atoms with Gasteiger partial charge in [0, 0.05) is 25.8 Å². The molecule has 22 heavy (non-hydrogen) atoms. The highest BCUT2D eigenvalue weighted by atomic mass is 16.6. The zero-order chi connectivity index (χ0) is 16.2. The largest absolute Gasteiger partial charge is 0.444 e. The first-order chi connectivity index (χ1) is 10.4. The number of nitrogens with one attached hydrogen (secondary N) is 1. The first-order valence-electron chi connectivity index (χ1n) is 8.15.